The van der Waals surface area contributed by atoms with Gasteiger partial charge in [0.2, 0.25) is 5.91 Å². The molecular weight excluding hydrogens is 484 g/mol. The van der Waals surface area contributed by atoms with Crippen LogP contribution in [0.2, 0.25) is 0 Å². The molecule has 0 radical (unpaired) electrons. The van der Waals surface area contributed by atoms with Gasteiger partial charge in [0.05, 0.1) is 18.3 Å². The Hall–Kier alpha value is -2.22. The van der Waals surface area contributed by atoms with Crippen molar-refractivity contribution in [1.29, 1.82) is 0 Å². The lowest BCUT2D eigenvalue weighted by Crippen LogP contribution is -2.72. The molecule has 2 aliphatic heterocycles. The Bertz CT molecular complexity index is 947. The molecule has 4 unspecified atom stereocenters. The molecule has 4 rings (SSSR count). The maximum Gasteiger partial charge on any atom is 0.407 e. The third-order valence-electron chi connectivity index (χ3n) is 8.18. The van der Waals surface area contributed by atoms with E-state index in [0.29, 0.717) is 0 Å². The van der Waals surface area contributed by atoms with Gasteiger partial charge in [-0.2, -0.15) is 0 Å². The first-order valence-electron chi connectivity index (χ1n) is 11.9. The summed E-state index contributed by atoms with van der Waals surface area (Å²) < 4.78 is 5.75. The van der Waals surface area contributed by atoms with Gasteiger partial charge in [-0.3, -0.25) is 4.79 Å². The summed E-state index contributed by atoms with van der Waals surface area (Å²) in [6.07, 6.45) is 7.19. The Morgan fingerprint density at radius 2 is 1.97 bits per heavy atom. The smallest absolute Gasteiger partial charge is 0.407 e. The number of likely N-dealkylation sites (tertiary alicyclic amines) is 1. The fraction of sp³-hybridized carbons (Fsp3) is 0.600. The minimum atomic E-state index is -0.582. The third-order valence-corrected chi connectivity index (χ3v) is 8.71. The van der Waals surface area contributed by atoms with Crippen LogP contribution in [-0.4, -0.2) is 47.8 Å². The van der Waals surface area contributed by atoms with Gasteiger partial charge in [-0.1, -0.05) is 55.3 Å². The second kappa shape index (κ2) is 8.85. The second-order valence-corrected chi connectivity index (χ2v) is 10.8. The van der Waals surface area contributed by atoms with Gasteiger partial charge in [0.15, 0.2) is 0 Å². The molecule has 2 bridgehead atoms. The Labute approximate surface area is 204 Å². The van der Waals surface area contributed by atoms with Gasteiger partial charge in [-0.25, -0.2) is 4.79 Å². The van der Waals surface area contributed by atoms with Crippen LogP contribution in [0.5, 0.6) is 0 Å². The van der Waals surface area contributed by atoms with Gasteiger partial charge in [0.1, 0.15) is 12.7 Å². The largest absolute Gasteiger partial charge is 0.453 e. The SMILES string of the molecule is CCCC12CCC(C)(C1)C(CC)(C1NC=C(c3ccc(Br)cc3)N1)N2C(=O)CNC(=O)OC. The predicted octanol–water partition coefficient (Wildman–Crippen LogP) is 4.34. The van der Waals surface area contributed by atoms with Crippen LogP contribution < -0.4 is 16.0 Å². The number of hydrogen-bond acceptors (Lipinski definition) is 5. The van der Waals surface area contributed by atoms with Crippen molar-refractivity contribution in [1.82, 2.24) is 20.9 Å². The van der Waals surface area contributed by atoms with Gasteiger partial charge in [-0.05, 0) is 55.2 Å². The van der Waals surface area contributed by atoms with Crippen molar-refractivity contribution in [3.05, 3.63) is 40.5 Å². The number of piperidine rings is 1. The van der Waals surface area contributed by atoms with E-state index >= 15 is 0 Å². The topological polar surface area (TPSA) is 82.7 Å². The van der Waals surface area contributed by atoms with Crippen LogP contribution >= 0.6 is 15.9 Å². The second-order valence-electron chi connectivity index (χ2n) is 9.87. The first-order chi connectivity index (χ1) is 15.7. The number of ether oxygens (including phenoxy) is 1. The van der Waals surface area contributed by atoms with Crippen molar-refractivity contribution in [2.45, 2.75) is 76.5 Å². The summed E-state index contributed by atoms with van der Waals surface area (Å²) in [5, 5.41) is 9.93. The number of hydrogen-bond donors (Lipinski definition) is 3. The standard InChI is InChI=1S/C25H35BrN4O3/c1-5-11-24-13-12-23(3,16-24)25(6-2,30(24)20(31)15-28-22(32)33-4)21-27-14-19(29-21)17-7-9-18(26)10-8-17/h7-10,14,21,27,29H,5-6,11-13,15-16H2,1-4H3,(H,28,32). The molecule has 180 valence electrons. The zero-order chi connectivity index (χ0) is 23.9. The lowest BCUT2D eigenvalue weighted by Gasteiger charge is -2.57. The molecule has 8 heteroatoms. The first kappa shape index (κ1) is 23.9. The third kappa shape index (κ3) is 3.70. The molecule has 1 aromatic carbocycles. The molecule has 33 heavy (non-hydrogen) atoms. The highest BCUT2D eigenvalue weighted by Gasteiger charge is 2.72. The maximum atomic E-state index is 13.8. The molecule has 4 atom stereocenters. The van der Waals surface area contributed by atoms with Gasteiger partial charge >= 0.3 is 6.09 Å². The lowest BCUT2D eigenvalue weighted by atomic mass is 9.66. The number of rotatable bonds is 7. The molecular formula is C25H35BrN4O3. The number of amides is 2. The molecule has 3 aliphatic rings. The Morgan fingerprint density at radius 1 is 1.24 bits per heavy atom. The van der Waals surface area contributed by atoms with Crippen molar-refractivity contribution in [2.24, 2.45) is 5.41 Å². The van der Waals surface area contributed by atoms with Gasteiger partial charge in [-0.15, -0.1) is 0 Å². The number of nitrogens with one attached hydrogen (secondary N) is 3. The van der Waals surface area contributed by atoms with Crippen LogP contribution in [0.4, 0.5) is 4.79 Å². The molecule has 1 aromatic rings. The average Bonchev–Trinajstić information content (AvgIpc) is 3.47. The number of fused-ring (bicyclic) bond motifs is 2. The van der Waals surface area contributed by atoms with E-state index in [9.17, 15) is 9.59 Å². The van der Waals surface area contributed by atoms with Crippen LogP contribution in [0.3, 0.4) is 0 Å². The highest BCUT2D eigenvalue weighted by molar-refractivity contribution is 9.10. The van der Waals surface area contributed by atoms with Gasteiger partial charge < -0.3 is 25.6 Å². The van der Waals surface area contributed by atoms with Crippen molar-refractivity contribution in [2.75, 3.05) is 13.7 Å². The summed E-state index contributed by atoms with van der Waals surface area (Å²) in [5.41, 5.74) is 1.48. The summed E-state index contributed by atoms with van der Waals surface area (Å²) in [5.74, 6) is -0.0418. The molecule has 3 N–H and O–H groups in total. The molecule has 1 aliphatic carbocycles. The number of benzene rings is 1. The van der Waals surface area contributed by atoms with Crippen LogP contribution in [0, 0.1) is 5.41 Å². The Morgan fingerprint density at radius 3 is 2.61 bits per heavy atom. The monoisotopic (exact) mass is 518 g/mol. The van der Waals surface area contributed by atoms with E-state index in [0.717, 1.165) is 54.3 Å². The van der Waals surface area contributed by atoms with Crippen molar-refractivity contribution < 1.29 is 14.3 Å². The highest BCUT2D eigenvalue weighted by atomic mass is 79.9. The van der Waals surface area contributed by atoms with E-state index in [1.807, 2.05) is 18.3 Å². The number of nitrogens with zero attached hydrogens (tertiary/aromatic N) is 1. The van der Waals surface area contributed by atoms with E-state index in [2.05, 4.69) is 69.7 Å². The minimum absolute atomic E-state index is 0.0362. The van der Waals surface area contributed by atoms with Crippen LogP contribution in [-0.2, 0) is 9.53 Å². The number of halogens is 1. The quantitative estimate of drug-likeness (QED) is 0.499. The molecule has 2 heterocycles. The van der Waals surface area contributed by atoms with Crippen LogP contribution in [0.15, 0.2) is 34.9 Å². The number of carbonyl (C=O) groups is 2. The molecule has 0 aromatic heterocycles. The zero-order valence-electron chi connectivity index (χ0n) is 20.0. The Balaban J connectivity index is 1.68. The van der Waals surface area contributed by atoms with E-state index < -0.39 is 11.6 Å². The fourth-order valence-corrected chi connectivity index (χ4v) is 7.23. The molecule has 1 saturated carbocycles. The van der Waals surface area contributed by atoms with Gasteiger partial charge in [0, 0.05) is 16.2 Å². The normalized spacial score (nSPS) is 32.2. The van der Waals surface area contributed by atoms with Crippen molar-refractivity contribution >= 4 is 33.6 Å². The van der Waals surface area contributed by atoms with E-state index in [1.165, 1.54) is 7.11 Å². The molecule has 0 spiro atoms. The maximum absolute atomic E-state index is 13.8. The van der Waals surface area contributed by atoms with E-state index in [-0.39, 0.29) is 29.6 Å². The summed E-state index contributed by atoms with van der Waals surface area (Å²) in [7, 11) is 1.31. The highest BCUT2D eigenvalue weighted by Crippen LogP contribution is 2.66. The summed E-state index contributed by atoms with van der Waals surface area (Å²) in [6, 6.07) is 8.22. The fourth-order valence-electron chi connectivity index (χ4n) is 6.97. The minimum Gasteiger partial charge on any atom is -0.453 e. The van der Waals surface area contributed by atoms with Crippen LogP contribution in [0.1, 0.15) is 64.9 Å². The Kier molecular flexibility index (Phi) is 6.42. The summed E-state index contributed by atoms with van der Waals surface area (Å²) in [6.45, 7) is 6.65. The van der Waals surface area contributed by atoms with E-state index in [1.54, 1.807) is 0 Å². The van der Waals surface area contributed by atoms with E-state index in [4.69, 9.17) is 4.74 Å². The zero-order valence-corrected chi connectivity index (χ0v) is 21.5. The van der Waals surface area contributed by atoms with Crippen molar-refractivity contribution in [3.8, 4) is 0 Å². The molecule has 2 fully saturated rings. The van der Waals surface area contributed by atoms with Crippen LogP contribution in [0.25, 0.3) is 5.70 Å². The number of methoxy groups -OCH3 is 1. The summed E-state index contributed by atoms with van der Waals surface area (Å²) >= 11 is 3.50. The average molecular weight is 519 g/mol. The number of alkyl carbamates (subject to hydrolysis) is 1. The van der Waals surface area contributed by atoms with Crippen molar-refractivity contribution in [3.63, 3.8) is 0 Å². The lowest BCUT2D eigenvalue weighted by molar-refractivity contribution is -0.152. The summed E-state index contributed by atoms with van der Waals surface area (Å²) in [4.78, 5) is 27.7. The molecule has 1 saturated heterocycles. The molecule has 7 nitrogen and oxygen atoms in total. The first-order valence-corrected chi connectivity index (χ1v) is 12.7. The number of carbonyl (C=O) groups excluding carboxylic acids is 2. The van der Waals surface area contributed by atoms with Gasteiger partial charge in [0.25, 0.3) is 0 Å². The molecule has 2 amide bonds. The predicted molar refractivity (Wildman–Crippen MR) is 132 cm³/mol.